The third-order valence-corrected chi connectivity index (χ3v) is 15.3. The van der Waals surface area contributed by atoms with Crippen LogP contribution in [0.25, 0.3) is 82.1 Å². The molecule has 0 saturated carbocycles. The largest absolute Gasteiger partial charge is 0.456 e. The van der Waals surface area contributed by atoms with Gasteiger partial charge in [-0.05, 0) is 154 Å². The molecule has 0 fully saturated rings. The Morgan fingerprint density at radius 1 is 0.409 bits per heavy atom. The second-order valence-electron chi connectivity index (χ2n) is 18.8. The Labute approximate surface area is 383 Å². The standard InChI is InChI=1S/C64H43NO/c1-4-55-49(45-21-9-13-25-56(45)63(55,2)3)33-34-65(39-30-32-62-54(35-39)50-24-12-16-28-61(50)66-62)40-29-31-48-46-22-10-14-26-57(46)64(59(48)36-40)58-27-15-11-23-47(58)53-37-51-43-19-7-5-17-41(43)42-18-6-8-20-44(42)52(51)38-60(53)64/h4-38H,1H2,2-3H3/b34-33-. The molecule has 0 bridgehead atoms. The van der Waals surface area contributed by atoms with E-state index in [9.17, 15) is 0 Å². The van der Waals surface area contributed by atoms with E-state index in [1.807, 2.05) is 6.07 Å². The first-order chi connectivity index (χ1) is 32.4. The Morgan fingerprint density at radius 2 is 0.909 bits per heavy atom. The van der Waals surface area contributed by atoms with Crippen molar-refractivity contribution in [3.05, 3.63) is 258 Å². The first-order valence-electron chi connectivity index (χ1n) is 23.0. The van der Waals surface area contributed by atoms with Gasteiger partial charge >= 0.3 is 0 Å². The van der Waals surface area contributed by atoms with E-state index < -0.39 is 5.41 Å². The highest BCUT2D eigenvalue weighted by Gasteiger charge is 2.52. The summed E-state index contributed by atoms with van der Waals surface area (Å²) in [5.74, 6) is 0. The van der Waals surface area contributed by atoms with E-state index in [1.54, 1.807) is 0 Å². The van der Waals surface area contributed by atoms with Crippen molar-refractivity contribution in [2.45, 2.75) is 24.7 Å². The van der Waals surface area contributed by atoms with Crippen molar-refractivity contribution in [1.29, 1.82) is 0 Å². The SMILES string of the molecule is C=CC1=C(/C=C\N(c2ccc3c(c2)C2(c4ccccc4-3)c3ccccc3-c3cc4c5ccccc5c5ccccc5c4cc32)c2ccc3oc4ccccc4c3c2)c2ccccc2C1(C)C. The zero-order chi connectivity index (χ0) is 43.9. The number of rotatable bonds is 5. The molecular formula is C64H43NO. The summed E-state index contributed by atoms with van der Waals surface area (Å²) in [5.41, 5.74) is 18.6. The highest BCUT2D eigenvalue weighted by molar-refractivity contribution is 6.26. The van der Waals surface area contributed by atoms with Crippen LogP contribution < -0.4 is 4.90 Å². The van der Waals surface area contributed by atoms with Crippen molar-refractivity contribution < 1.29 is 4.42 Å². The number of furan rings is 1. The Hall–Kier alpha value is -8.20. The van der Waals surface area contributed by atoms with Gasteiger partial charge in [0.05, 0.1) is 5.41 Å². The van der Waals surface area contributed by atoms with Crippen LogP contribution in [0.4, 0.5) is 11.4 Å². The third kappa shape index (κ3) is 4.80. The number of hydrogen-bond acceptors (Lipinski definition) is 2. The lowest BCUT2D eigenvalue weighted by Gasteiger charge is -2.32. The van der Waals surface area contributed by atoms with Crippen molar-refractivity contribution in [3.8, 4) is 22.3 Å². The van der Waals surface area contributed by atoms with Gasteiger partial charge < -0.3 is 9.32 Å². The van der Waals surface area contributed by atoms with Crippen molar-refractivity contribution in [3.63, 3.8) is 0 Å². The summed E-state index contributed by atoms with van der Waals surface area (Å²) >= 11 is 0. The highest BCUT2D eigenvalue weighted by Crippen LogP contribution is 2.64. The van der Waals surface area contributed by atoms with Crippen LogP contribution in [0.5, 0.6) is 0 Å². The predicted octanol–water partition coefficient (Wildman–Crippen LogP) is 17.0. The van der Waals surface area contributed by atoms with E-state index in [2.05, 4.69) is 232 Å². The summed E-state index contributed by atoms with van der Waals surface area (Å²) in [7, 11) is 0. The minimum Gasteiger partial charge on any atom is -0.456 e. The summed E-state index contributed by atoms with van der Waals surface area (Å²) in [4.78, 5) is 2.38. The van der Waals surface area contributed by atoms with Gasteiger partial charge in [0.25, 0.3) is 0 Å². The maximum absolute atomic E-state index is 6.38. The van der Waals surface area contributed by atoms with Crippen LogP contribution >= 0.6 is 0 Å². The normalized spacial score (nSPS) is 16.5. The molecule has 1 atom stereocenters. The molecule has 1 spiro atoms. The fourth-order valence-electron chi connectivity index (χ4n) is 12.4. The van der Waals surface area contributed by atoms with Crippen LogP contribution in [-0.2, 0) is 10.8 Å². The molecule has 1 heterocycles. The number of para-hydroxylation sites is 1. The van der Waals surface area contributed by atoms with Gasteiger partial charge in [0.1, 0.15) is 11.2 Å². The number of allylic oxidation sites excluding steroid dienone is 4. The molecule has 66 heavy (non-hydrogen) atoms. The summed E-state index contributed by atoms with van der Waals surface area (Å²) < 4.78 is 6.38. The number of fused-ring (bicyclic) bond motifs is 20. The average Bonchev–Trinajstić information content (AvgIpc) is 4.04. The van der Waals surface area contributed by atoms with Crippen molar-refractivity contribution in [2.75, 3.05) is 4.90 Å². The summed E-state index contributed by atoms with van der Waals surface area (Å²) in [5, 5.41) is 9.92. The van der Waals surface area contributed by atoms with Crippen molar-refractivity contribution >= 4 is 71.2 Å². The third-order valence-electron chi connectivity index (χ3n) is 15.3. The van der Waals surface area contributed by atoms with Crippen LogP contribution in [0, 0.1) is 0 Å². The van der Waals surface area contributed by atoms with Crippen molar-refractivity contribution in [2.24, 2.45) is 0 Å². The fourth-order valence-corrected chi connectivity index (χ4v) is 12.4. The Kier molecular flexibility index (Phi) is 7.56. The van der Waals surface area contributed by atoms with Gasteiger partial charge in [0.2, 0.25) is 0 Å². The molecule has 0 saturated heterocycles. The molecule has 0 radical (unpaired) electrons. The molecule has 2 heteroatoms. The molecule has 14 rings (SSSR count). The molecule has 0 aliphatic heterocycles. The quantitative estimate of drug-likeness (QED) is 0.161. The minimum absolute atomic E-state index is 0.172. The molecule has 0 N–H and O–H groups in total. The topological polar surface area (TPSA) is 16.4 Å². The maximum atomic E-state index is 6.38. The summed E-state index contributed by atoms with van der Waals surface area (Å²) in [6.45, 7) is 8.96. The molecule has 0 amide bonds. The zero-order valence-corrected chi connectivity index (χ0v) is 36.8. The molecule has 310 valence electrons. The van der Waals surface area contributed by atoms with Crippen LogP contribution in [0.1, 0.15) is 47.2 Å². The Morgan fingerprint density at radius 3 is 1.61 bits per heavy atom. The van der Waals surface area contributed by atoms with Crippen LogP contribution in [0.2, 0.25) is 0 Å². The van der Waals surface area contributed by atoms with E-state index in [1.165, 1.54) is 99.1 Å². The van der Waals surface area contributed by atoms with Gasteiger partial charge in [-0.3, -0.25) is 0 Å². The fraction of sp³-hybridized carbons (Fsp3) is 0.0625. The Bertz CT molecular complexity index is 4010. The van der Waals surface area contributed by atoms with Gasteiger partial charge in [-0.1, -0.05) is 172 Å². The number of benzene rings is 10. The van der Waals surface area contributed by atoms with Gasteiger partial charge in [-0.15, -0.1) is 0 Å². The van der Waals surface area contributed by atoms with E-state index in [0.717, 1.165) is 33.3 Å². The molecule has 1 unspecified atom stereocenters. The lowest BCUT2D eigenvalue weighted by molar-refractivity contribution is 0.654. The number of nitrogens with zero attached hydrogens (tertiary/aromatic N) is 1. The van der Waals surface area contributed by atoms with Gasteiger partial charge in [-0.2, -0.15) is 0 Å². The van der Waals surface area contributed by atoms with E-state index in [0.29, 0.717) is 0 Å². The summed E-state index contributed by atoms with van der Waals surface area (Å²) in [6, 6.07) is 72.1. The number of hydrogen-bond donors (Lipinski definition) is 0. The minimum atomic E-state index is -0.554. The molecule has 2 nitrogen and oxygen atoms in total. The zero-order valence-electron chi connectivity index (χ0n) is 36.8. The van der Waals surface area contributed by atoms with E-state index in [4.69, 9.17) is 4.42 Å². The molecular weight excluding hydrogens is 799 g/mol. The molecule has 11 aromatic rings. The lowest BCUT2D eigenvalue weighted by Crippen LogP contribution is -2.26. The van der Waals surface area contributed by atoms with Crippen LogP contribution in [0.3, 0.4) is 0 Å². The maximum Gasteiger partial charge on any atom is 0.135 e. The van der Waals surface area contributed by atoms with Gasteiger partial charge in [0, 0.05) is 33.8 Å². The van der Waals surface area contributed by atoms with Crippen LogP contribution in [0.15, 0.2) is 229 Å². The van der Waals surface area contributed by atoms with Crippen LogP contribution in [-0.4, -0.2) is 0 Å². The second-order valence-corrected chi connectivity index (χ2v) is 18.8. The van der Waals surface area contributed by atoms with Crippen molar-refractivity contribution in [1.82, 2.24) is 0 Å². The molecule has 3 aliphatic carbocycles. The van der Waals surface area contributed by atoms with E-state index >= 15 is 0 Å². The summed E-state index contributed by atoms with van der Waals surface area (Å²) in [6.07, 6.45) is 6.63. The number of anilines is 2. The lowest BCUT2D eigenvalue weighted by atomic mass is 9.70. The molecule has 1 aromatic heterocycles. The smallest absolute Gasteiger partial charge is 0.135 e. The van der Waals surface area contributed by atoms with E-state index in [-0.39, 0.29) is 5.41 Å². The highest BCUT2D eigenvalue weighted by atomic mass is 16.3. The first kappa shape index (κ1) is 37.2. The monoisotopic (exact) mass is 841 g/mol. The molecule has 10 aromatic carbocycles. The first-order valence-corrected chi connectivity index (χ1v) is 23.0. The van der Waals surface area contributed by atoms with Gasteiger partial charge in [-0.25, -0.2) is 0 Å². The Balaban J connectivity index is 1.05. The predicted molar refractivity (Wildman–Crippen MR) is 277 cm³/mol. The second kappa shape index (κ2) is 13.4. The van der Waals surface area contributed by atoms with Gasteiger partial charge in [0.15, 0.2) is 0 Å². The average molecular weight is 842 g/mol. The molecule has 3 aliphatic rings.